The van der Waals surface area contributed by atoms with E-state index >= 15 is 0 Å². The number of nitrogen functional groups attached to an aromatic ring is 1. The lowest BCUT2D eigenvalue weighted by Crippen LogP contribution is -2.27. The molecule has 2 aromatic rings. The van der Waals surface area contributed by atoms with Gasteiger partial charge in [0.15, 0.2) is 0 Å². The first kappa shape index (κ1) is 14.9. The third kappa shape index (κ3) is 2.80. The van der Waals surface area contributed by atoms with Crippen LogP contribution in [0.15, 0.2) is 18.2 Å². The SMILES string of the molecule is CC(CN(C)C)n1c(C(C)(C)C)nc2cc(N)ccc21. The maximum absolute atomic E-state index is 5.89. The number of hydrogen-bond donors (Lipinski definition) is 1. The summed E-state index contributed by atoms with van der Waals surface area (Å²) >= 11 is 0. The molecule has 4 heteroatoms. The summed E-state index contributed by atoms with van der Waals surface area (Å²) in [4.78, 5) is 7.05. The van der Waals surface area contributed by atoms with Crippen LogP contribution in [0.5, 0.6) is 0 Å². The van der Waals surface area contributed by atoms with Crippen molar-refractivity contribution >= 4 is 16.7 Å². The Bertz CT molecular complexity index is 605. The lowest BCUT2D eigenvalue weighted by Gasteiger charge is -2.26. The van der Waals surface area contributed by atoms with Gasteiger partial charge in [0.1, 0.15) is 5.82 Å². The van der Waals surface area contributed by atoms with E-state index < -0.39 is 0 Å². The summed E-state index contributed by atoms with van der Waals surface area (Å²) in [5.74, 6) is 1.12. The maximum Gasteiger partial charge on any atom is 0.115 e. The third-order valence-corrected chi connectivity index (χ3v) is 3.45. The number of aromatic nitrogens is 2. The molecular weight excluding hydrogens is 248 g/mol. The third-order valence-electron chi connectivity index (χ3n) is 3.45. The summed E-state index contributed by atoms with van der Waals surface area (Å²) in [6.07, 6.45) is 0. The molecule has 0 bridgehead atoms. The fourth-order valence-electron chi connectivity index (χ4n) is 2.70. The fourth-order valence-corrected chi connectivity index (χ4v) is 2.70. The van der Waals surface area contributed by atoms with Crippen LogP contribution in [0.4, 0.5) is 5.69 Å². The normalized spacial score (nSPS) is 14.2. The van der Waals surface area contributed by atoms with Crippen molar-refractivity contribution in [2.75, 3.05) is 26.4 Å². The van der Waals surface area contributed by atoms with Gasteiger partial charge < -0.3 is 15.2 Å². The number of nitrogens with two attached hydrogens (primary N) is 1. The van der Waals surface area contributed by atoms with Gasteiger partial charge in [-0.05, 0) is 39.2 Å². The number of anilines is 1. The molecule has 20 heavy (non-hydrogen) atoms. The average molecular weight is 274 g/mol. The summed E-state index contributed by atoms with van der Waals surface area (Å²) in [6.45, 7) is 9.84. The zero-order valence-corrected chi connectivity index (χ0v) is 13.4. The van der Waals surface area contributed by atoms with Crippen molar-refractivity contribution in [3.05, 3.63) is 24.0 Å². The van der Waals surface area contributed by atoms with Gasteiger partial charge in [0, 0.05) is 23.7 Å². The second-order valence-electron chi connectivity index (χ2n) is 6.91. The first-order chi connectivity index (χ1) is 9.20. The quantitative estimate of drug-likeness (QED) is 0.875. The first-order valence-electron chi connectivity index (χ1n) is 7.13. The van der Waals surface area contributed by atoms with Crippen molar-refractivity contribution in [3.8, 4) is 0 Å². The molecular formula is C16H26N4. The monoisotopic (exact) mass is 274 g/mol. The molecule has 0 spiro atoms. The van der Waals surface area contributed by atoms with E-state index in [-0.39, 0.29) is 5.41 Å². The van der Waals surface area contributed by atoms with Crippen LogP contribution in [-0.2, 0) is 5.41 Å². The molecule has 0 saturated heterocycles. The molecule has 2 rings (SSSR count). The number of imidazole rings is 1. The Kier molecular flexibility index (Phi) is 3.78. The van der Waals surface area contributed by atoms with E-state index in [1.807, 2.05) is 12.1 Å². The van der Waals surface area contributed by atoms with E-state index in [2.05, 4.69) is 57.3 Å². The summed E-state index contributed by atoms with van der Waals surface area (Å²) in [5, 5.41) is 0. The van der Waals surface area contributed by atoms with Crippen molar-refractivity contribution in [2.45, 2.75) is 39.2 Å². The molecule has 0 aliphatic rings. The van der Waals surface area contributed by atoms with Gasteiger partial charge in [0.05, 0.1) is 11.0 Å². The molecule has 0 aliphatic carbocycles. The average Bonchev–Trinajstić information content (AvgIpc) is 2.65. The minimum absolute atomic E-state index is 0.00829. The van der Waals surface area contributed by atoms with Crippen LogP contribution in [0.25, 0.3) is 11.0 Å². The Morgan fingerprint density at radius 3 is 2.50 bits per heavy atom. The van der Waals surface area contributed by atoms with Gasteiger partial charge in [-0.15, -0.1) is 0 Å². The molecule has 2 N–H and O–H groups in total. The van der Waals surface area contributed by atoms with E-state index in [4.69, 9.17) is 10.7 Å². The summed E-state index contributed by atoms with van der Waals surface area (Å²) < 4.78 is 2.36. The Hall–Kier alpha value is -1.55. The maximum atomic E-state index is 5.89. The molecule has 1 heterocycles. The highest BCUT2D eigenvalue weighted by Gasteiger charge is 2.25. The standard InChI is InChI=1S/C16H26N4/c1-11(10-19(5)6)20-14-8-7-12(17)9-13(14)18-15(20)16(2,3)4/h7-9,11H,10,17H2,1-6H3. The lowest BCUT2D eigenvalue weighted by molar-refractivity contribution is 0.328. The van der Waals surface area contributed by atoms with Crippen molar-refractivity contribution < 1.29 is 0 Å². The Morgan fingerprint density at radius 2 is 1.95 bits per heavy atom. The largest absolute Gasteiger partial charge is 0.399 e. The van der Waals surface area contributed by atoms with E-state index in [0.717, 1.165) is 23.6 Å². The molecule has 0 amide bonds. The molecule has 1 aromatic heterocycles. The molecule has 0 fully saturated rings. The number of benzene rings is 1. The number of likely N-dealkylation sites (N-methyl/N-ethyl adjacent to an activating group) is 1. The van der Waals surface area contributed by atoms with Crippen LogP contribution in [0.3, 0.4) is 0 Å². The van der Waals surface area contributed by atoms with E-state index in [1.54, 1.807) is 0 Å². The van der Waals surface area contributed by atoms with Crippen LogP contribution in [0, 0.1) is 0 Å². The predicted molar refractivity (Wildman–Crippen MR) is 86.1 cm³/mol. The highest BCUT2D eigenvalue weighted by molar-refractivity contribution is 5.80. The first-order valence-corrected chi connectivity index (χ1v) is 7.13. The van der Waals surface area contributed by atoms with Gasteiger partial charge >= 0.3 is 0 Å². The van der Waals surface area contributed by atoms with E-state index in [9.17, 15) is 0 Å². The van der Waals surface area contributed by atoms with E-state index in [1.165, 1.54) is 5.52 Å². The minimum atomic E-state index is 0.00829. The van der Waals surface area contributed by atoms with Crippen molar-refractivity contribution in [3.63, 3.8) is 0 Å². The number of nitrogens with zero attached hydrogens (tertiary/aromatic N) is 3. The molecule has 1 atom stereocenters. The van der Waals surface area contributed by atoms with Crippen LogP contribution >= 0.6 is 0 Å². The second-order valence-corrected chi connectivity index (χ2v) is 6.91. The zero-order valence-electron chi connectivity index (χ0n) is 13.4. The topological polar surface area (TPSA) is 47.1 Å². The van der Waals surface area contributed by atoms with Gasteiger partial charge in [-0.2, -0.15) is 0 Å². The molecule has 0 aliphatic heterocycles. The summed E-state index contributed by atoms with van der Waals surface area (Å²) in [7, 11) is 4.20. The van der Waals surface area contributed by atoms with Gasteiger partial charge in [-0.3, -0.25) is 0 Å². The molecule has 4 nitrogen and oxygen atoms in total. The van der Waals surface area contributed by atoms with E-state index in [0.29, 0.717) is 6.04 Å². The Morgan fingerprint density at radius 1 is 1.30 bits per heavy atom. The molecule has 0 saturated carbocycles. The number of rotatable bonds is 3. The van der Waals surface area contributed by atoms with Crippen LogP contribution in [0.2, 0.25) is 0 Å². The van der Waals surface area contributed by atoms with Crippen molar-refractivity contribution in [1.29, 1.82) is 0 Å². The highest BCUT2D eigenvalue weighted by atomic mass is 15.2. The van der Waals surface area contributed by atoms with Crippen molar-refractivity contribution in [2.24, 2.45) is 0 Å². The number of fused-ring (bicyclic) bond motifs is 1. The number of hydrogen-bond acceptors (Lipinski definition) is 3. The fraction of sp³-hybridized carbons (Fsp3) is 0.562. The van der Waals surface area contributed by atoms with Gasteiger partial charge in [-0.1, -0.05) is 20.8 Å². The molecule has 110 valence electrons. The molecule has 1 unspecified atom stereocenters. The Balaban J connectivity index is 2.64. The summed E-state index contributed by atoms with van der Waals surface area (Å²) in [5.41, 5.74) is 8.82. The second kappa shape index (κ2) is 5.09. The molecule has 1 aromatic carbocycles. The van der Waals surface area contributed by atoms with Gasteiger partial charge in [0.25, 0.3) is 0 Å². The predicted octanol–water partition coefficient (Wildman–Crippen LogP) is 3.04. The molecule has 0 radical (unpaired) electrons. The van der Waals surface area contributed by atoms with Crippen LogP contribution in [-0.4, -0.2) is 35.1 Å². The van der Waals surface area contributed by atoms with Crippen LogP contribution < -0.4 is 5.73 Å². The van der Waals surface area contributed by atoms with Gasteiger partial charge in [-0.25, -0.2) is 4.98 Å². The van der Waals surface area contributed by atoms with Crippen LogP contribution in [0.1, 0.15) is 39.6 Å². The van der Waals surface area contributed by atoms with Crippen molar-refractivity contribution in [1.82, 2.24) is 14.5 Å². The lowest BCUT2D eigenvalue weighted by atomic mass is 9.95. The smallest absolute Gasteiger partial charge is 0.115 e. The van der Waals surface area contributed by atoms with Gasteiger partial charge in [0.2, 0.25) is 0 Å². The highest BCUT2D eigenvalue weighted by Crippen LogP contribution is 2.30. The zero-order chi connectivity index (χ0) is 15.1. The summed E-state index contributed by atoms with van der Waals surface area (Å²) in [6, 6.07) is 6.37. The Labute approximate surface area is 121 Å². The minimum Gasteiger partial charge on any atom is -0.399 e.